The summed E-state index contributed by atoms with van der Waals surface area (Å²) in [6, 6.07) is 6.78. The van der Waals surface area contributed by atoms with Crippen LogP contribution in [0.15, 0.2) is 29.6 Å². The van der Waals surface area contributed by atoms with Crippen LogP contribution in [0.25, 0.3) is 0 Å². The Morgan fingerprint density at radius 1 is 1.21 bits per heavy atom. The van der Waals surface area contributed by atoms with Crippen molar-refractivity contribution in [2.75, 3.05) is 18.5 Å². The van der Waals surface area contributed by atoms with Crippen molar-refractivity contribution in [3.8, 4) is 0 Å². The molecule has 0 saturated carbocycles. The summed E-state index contributed by atoms with van der Waals surface area (Å²) in [5.41, 5.74) is 1.74. The molecule has 1 aromatic carbocycles. The van der Waals surface area contributed by atoms with Crippen molar-refractivity contribution in [2.45, 2.75) is 19.8 Å². The molecule has 1 aliphatic heterocycles. The monoisotopic (exact) mass is 343 g/mol. The highest BCUT2D eigenvalue weighted by Gasteiger charge is 2.34. The van der Waals surface area contributed by atoms with Gasteiger partial charge >= 0.3 is 0 Å². The SMILES string of the molecule is Cc1csc(N(C)C(=O)CCCN2C(=O)c3ccccc3C2=O)n1. The van der Waals surface area contributed by atoms with Crippen LogP contribution in [0.4, 0.5) is 5.13 Å². The fraction of sp³-hybridized carbons (Fsp3) is 0.294. The number of anilines is 1. The average molecular weight is 343 g/mol. The Hall–Kier alpha value is -2.54. The number of imide groups is 1. The summed E-state index contributed by atoms with van der Waals surface area (Å²) in [5.74, 6) is -0.653. The minimum absolute atomic E-state index is 0.0824. The Morgan fingerprint density at radius 2 is 1.83 bits per heavy atom. The lowest BCUT2D eigenvalue weighted by Gasteiger charge is -2.16. The Kier molecular flexibility index (Phi) is 4.44. The third-order valence-corrected chi connectivity index (χ3v) is 4.95. The molecular formula is C17H17N3O3S. The Bertz CT molecular complexity index is 780. The Morgan fingerprint density at radius 3 is 2.38 bits per heavy atom. The highest BCUT2D eigenvalue weighted by Crippen LogP contribution is 2.23. The van der Waals surface area contributed by atoms with Crippen molar-refractivity contribution in [1.29, 1.82) is 0 Å². The number of aromatic nitrogens is 1. The van der Waals surface area contributed by atoms with E-state index in [9.17, 15) is 14.4 Å². The highest BCUT2D eigenvalue weighted by atomic mass is 32.1. The number of hydrogen-bond donors (Lipinski definition) is 0. The molecule has 0 saturated heterocycles. The molecule has 0 radical (unpaired) electrons. The molecule has 1 aliphatic rings. The number of aryl methyl sites for hydroxylation is 1. The topological polar surface area (TPSA) is 70.6 Å². The molecule has 24 heavy (non-hydrogen) atoms. The zero-order valence-corrected chi connectivity index (χ0v) is 14.3. The standard InChI is InChI=1S/C17H17N3O3S/c1-11-10-24-17(18-11)19(2)14(21)8-5-9-20-15(22)12-6-3-4-7-13(12)16(20)23/h3-4,6-7,10H,5,8-9H2,1-2H3. The average Bonchev–Trinajstić information content (AvgIpc) is 3.11. The number of amides is 3. The molecule has 2 aromatic rings. The third kappa shape index (κ3) is 2.94. The molecule has 124 valence electrons. The molecule has 0 spiro atoms. The number of carbonyl (C=O) groups excluding carboxylic acids is 3. The van der Waals surface area contributed by atoms with E-state index in [1.54, 1.807) is 31.3 Å². The molecular weight excluding hydrogens is 326 g/mol. The highest BCUT2D eigenvalue weighted by molar-refractivity contribution is 7.14. The number of thiazole rings is 1. The van der Waals surface area contributed by atoms with Crippen LogP contribution >= 0.6 is 11.3 Å². The van der Waals surface area contributed by atoms with Crippen LogP contribution in [0, 0.1) is 6.92 Å². The van der Waals surface area contributed by atoms with Crippen LogP contribution in [-0.2, 0) is 4.79 Å². The first-order valence-corrected chi connectivity index (χ1v) is 8.51. The number of rotatable bonds is 5. The number of hydrogen-bond acceptors (Lipinski definition) is 5. The number of carbonyl (C=O) groups is 3. The summed E-state index contributed by atoms with van der Waals surface area (Å²) in [6.45, 7) is 2.11. The van der Waals surface area contributed by atoms with Crippen LogP contribution in [-0.4, -0.2) is 41.2 Å². The number of nitrogens with zero attached hydrogens (tertiary/aromatic N) is 3. The normalized spacial score (nSPS) is 13.3. The maximum atomic E-state index is 12.2. The smallest absolute Gasteiger partial charge is 0.261 e. The largest absolute Gasteiger partial charge is 0.291 e. The second-order valence-electron chi connectivity index (χ2n) is 5.64. The zero-order valence-electron chi connectivity index (χ0n) is 13.5. The van der Waals surface area contributed by atoms with Gasteiger partial charge in [0.25, 0.3) is 11.8 Å². The molecule has 6 nitrogen and oxygen atoms in total. The van der Waals surface area contributed by atoms with E-state index in [4.69, 9.17) is 0 Å². The molecule has 0 N–H and O–H groups in total. The minimum atomic E-state index is -0.285. The fourth-order valence-corrected chi connectivity index (χ4v) is 3.39. The number of fused-ring (bicyclic) bond motifs is 1. The van der Waals surface area contributed by atoms with Crippen LogP contribution in [0.5, 0.6) is 0 Å². The Balaban J connectivity index is 1.56. The first kappa shape index (κ1) is 16.3. The molecule has 0 bridgehead atoms. The van der Waals surface area contributed by atoms with E-state index in [-0.39, 0.29) is 30.7 Å². The van der Waals surface area contributed by atoms with E-state index < -0.39 is 0 Å². The lowest BCUT2D eigenvalue weighted by molar-refractivity contribution is -0.118. The van der Waals surface area contributed by atoms with Gasteiger partial charge in [0.1, 0.15) is 0 Å². The fourth-order valence-electron chi connectivity index (χ4n) is 2.60. The summed E-state index contributed by atoms with van der Waals surface area (Å²) in [7, 11) is 1.68. The Labute approximate surface area is 143 Å². The van der Waals surface area contributed by atoms with Gasteiger partial charge in [-0.3, -0.25) is 24.2 Å². The van der Waals surface area contributed by atoms with Crippen LogP contribution < -0.4 is 4.90 Å². The van der Waals surface area contributed by atoms with Crippen LogP contribution in [0.3, 0.4) is 0 Å². The maximum absolute atomic E-state index is 12.2. The first-order valence-electron chi connectivity index (χ1n) is 7.63. The van der Waals surface area contributed by atoms with E-state index >= 15 is 0 Å². The van der Waals surface area contributed by atoms with Crippen molar-refractivity contribution >= 4 is 34.2 Å². The lowest BCUT2D eigenvalue weighted by atomic mass is 10.1. The molecule has 0 aliphatic carbocycles. The van der Waals surface area contributed by atoms with Gasteiger partial charge in [0.2, 0.25) is 5.91 Å². The van der Waals surface area contributed by atoms with Gasteiger partial charge in [-0.25, -0.2) is 4.98 Å². The van der Waals surface area contributed by atoms with Crippen LogP contribution in [0.1, 0.15) is 39.3 Å². The summed E-state index contributed by atoms with van der Waals surface area (Å²) in [5, 5.41) is 2.54. The van der Waals surface area contributed by atoms with Crippen molar-refractivity contribution < 1.29 is 14.4 Å². The van der Waals surface area contributed by atoms with Gasteiger partial charge in [-0.15, -0.1) is 11.3 Å². The number of benzene rings is 1. The van der Waals surface area contributed by atoms with Crippen molar-refractivity contribution in [3.05, 3.63) is 46.5 Å². The summed E-state index contributed by atoms with van der Waals surface area (Å²) in [4.78, 5) is 43.7. The van der Waals surface area contributed by atoms with E-state index in [1.165, 1.54) is 21.1 Å². The molecule has 7 heteroatoms. The van der Waals surface area contributed by atoms with Crippen molar-refractivity contribution in [2.24, 2.45) is 0 Å². The second-order valence-corrected chi connectivity index (χ2v) is 6.47. The van der Waals surface area contributed by atoms with Gasteiger partial charge in [0.15, 0.2) is 5.13 Å². The van der Waals surface area contributed by atoms with Gasteiger partial charge in [0, 0.05) is 25.4 Å². The third-order valence-electron chi connectivity index (χ3n) is 3.92. The zero-order chi connectivity index (χ0) is 17.3. The van der Waals surface area contributed by atoms with Gasteiger partial charge in [-0.1, -0.05) is 12.1 Å². The second kappa shape index (κ2) is 6.52. The summed E-state index contributed by atoms with van der Waals surface area (Å²) < 4.78 is 0. The van der Waals surface area contributed by atoms with E-state index in [1.807, 2.05) is 12.3 Å². The van der Waals surface area contributed by atoms with Crippen molar-refractivity contribution in [3.63, 3.8) is 0 Å². The van der Waals surface area contributed by atoms with Crippen LogP contribution in [0.2, 0.25) is 0 Å². The van der Waals surface area contributed by atoms with Gasteiger partial charge < -0.3 is 0 Å². The maximum Gasteiger partial charge on any atom is 0.261 e. The van der Waals surface area contributed by atoms with E-state index in [0.29, 0.717) is 22.7 Å². The van der Waals surface area contributed by atoms with E-state index in [0.717, 1.165) is 5.69 Å². The molecule has 2 heterocycles. The first-order chi connectivity index (χ1) is 11.5. The molecule has 0 fully saturated rings. The molecule has 3 rings (SSSR count). The molecule has 0 atom stereocenters. The minimum Gasteiger partial charge on any atom is -0.291 e. The molecule has 1 aromatic heterocycles. The van der Waals surface area contributed by atoms with Gasteiger partial charge in [0.05, 0.1) is 16.8 Å². The summed E-state index contributed by atoms with van der Waals surface area (Å²) >= 11 is 1.41. The van der Waals surface area contributed by atoms with E-state index in [2.05, 4.69) is 4.98 Å². The quantitative estimate of drug-likeness (QED) is 0.782. The van der Waals surface area contributed by atoms with Crippen molar-refractivity contribution in [1.82, 2.24) is 9.88 Å². The molecule has 0 unspecified atom stereocenters. The summed E-state index contributed by atoms with van der Waals surface area (Å²) in [6.07, 6.45) is 0.682. The van der Waals surface area contributed by atoms with Gasteiger partial charge in [-0.05, 0) is 25.5 Å². The van der Waals surface area contributed by atoms with Gasteiger partial charge in [-0.2, -0.15) is 0 Å². The predicted octanol–water partition coefficient (Wildman–Crippen LogP) is 2.49. The molecule has 3 amide bonds. The predicted molar refractivity (Wildman–Crippen MR) is 91.3 cm³/mol. The lowest BCUT2D eigenvalue weighted by Crippen LogP contribution is -2.32.